The second-order valence-corrected chi connectivity index (χ2v) is 4.26. The van der Waals surface area contributed by atoms with E-state index in [0.717, 1.165) is 11.5 Å². The van der Waals surface area contributed by atoms with Crippen LogP contribution in [0.15, 0.2) is 12.7 Å². The highest BCUT2D eigenvalue weighted by Gasteiger charge is 2.18. The Balaban J connectivity index is 3.74. The lowest BCUT2D eigenvalue weighted by Gasteiger charge is -2.13. The molecule has 6 nitrogen and oxygen atoms in total. The van der Waals surface area contributed by atoms with Crippen LogP contribution in [0.2, 0.25) is 0 Å². The van der Waals surface area contributed by atoms with Crippen LogP contribution in [0.5, 0.6) is 0 Å². The van der Waals surface area contributed by atoms with Crippen molar-refractivity contribution in [1.29, 1.82) is 0 Å². The van der Waals surface area contributed by atoms with Crippen molar-refractivity contribution < 1.29 is 19.4 Å². The van der Waals surface area contributed by atoms with E-state index in [2.05, 4.69) is 21.9 Å². The van der Waals surface area contributed by atoms with Crippen molar-refractivity contribution in [3.8, 4) is 0 Å². The van der Waals surface area contributed by atoms with Crippen molar-refractivity contribution in [3.63, 3.8) is 0 Å². The molecule has 0 heterocycles. The van der Waals surface area contributed by atoms with Crippen molar-refractivity contribution >= 4 is 23.8 Å². The summed E-state index contributed by atoms with van der Waals surface area (Å²) in [5.41, 5.74) is 0. The summed E-state index contributed by atoms with van der Waals surface area (Å²) < 4.78 is 4.69. The third-order valence-electron chi connectivity index (χ3n) is 1.70. The van der Waals surface area contributed by atoms with Crippen molar-refractivity contribution in [2.24, 2.45) is 0 Å². The molecule has 3 N–H and O–H groups in total. The summed E-state index contributed by atoms with van der Waals surface area (Å²) in [6.45, 7) is 3.99. The molecule has 98 valence electrons. The van der Waals surface area contributed by atoms with Gasteiger partial charge in [-0.15, -0.1) is 6.58 Å². The van der Waals surface area contributed by atoms with Gasteiger partial charge in [-0.25, -0.2) is 9.59 Å². The molecule has 0 aromatic carbocycles. The van der Waals surface area contributed by atoms with Gasteiger partial charge in [0, 0.05) is 25.2 Å². The van der Waals surface area contributed by atoms with E-state index < -0.39 is 18.0 Å². The number of thioether (sulfide) groups is 1. The number of carboxylic acids is 1. The summed E-state index contributed by atoms with van der Waals surface area (Å²) in [4.78, 5) is 22.0. The Hall–Kier alpha value is -1.21. The quantitative estimate of drug-likeness (QED) is 0.411. The summed E-state index contributed by atoms with van der Waals surface area (Å²) in [7, 11) is 1.38. The summed E-state index contributed by atoms with van der Waals surface area (Å²) in [5, 5.41) is 13.6. The lowest BCUT2D eigenvalue weighted by molar-refractivity contribution is -0.140. The monoisotopic (exact) mass is 262 g/mol. The first kappa shape index (κ1) is 15.8. The Morgan fingerprint density at radius 2 is 2.29 bits per heavy atom. The van der Waals surface area contributed by atoms with E-state index in [1.807, 2.05) is 0 Å². The van der Waals surface area contributed by atoms with Crippen LogP contribution in [0.25, 0.3) is 0 Å². The Morgan fingerprint density at radius 1 is 1.59 bits per heavy atom. The molecular formula is C10H18N2O4S. The van der Waals surface area contributed by atoms with E-state index >= 15 is 0 Å². The topological polar surface area (TPSA) is 87.7 Å². The maximum Gasteiger partial charge on any atom is 0.328 e. The highest BCUT2D eigenvalue weighted by molar-refractivity contribution is 7.99. The fourth-order valence-electron chi connectivity index (χ4n) is 0.954. The predicted molar refractivity (Wildman–Crippen MR) is 67.4 cm³/mol. The number of carbonyl (C=O) groups is 2. The molecular weight excluding hydrogens is 244 g/mol. The van der Waals surface area contributed by atoms with Gasteiger partial charge in [-0.1, -0.05) is 6.08 Å². The van der Waals surface area contributed by atoms with Gasteiger partial charge in [0.25, 0.3) is 0 Å². The fourth-order valence-corrected chi connectivity index (χ4v) is 1.53. The molecule has 0 aromatic rings. The Morgan fingerprint density at radius 3 is 2.82 bits per heavy atom. The first-order valence-electron chi connectivity index (χ1n) is 5.06. The van der Waals surface area contributed by atoms with Crippen LogP contribution in [-0.2, 0) is 9.53 Å². The molecule has 0 bridgehead atoms. The number of amides is 2. The molecule has 0 aliphatic carbocycles. The van der Waals surface area contributed by atoms with Crippen LogP contribution >= 0.6 is 11.8 Å². The number of ether oxygens (including phenoxy) is 1. The number of nitrogens with one attached hydrogen (secondary N) is 2. The van der Waals surface area contributed by atoms with Gasteiger partial charge in [-0.2, -0.15) is 11.8 Å². The maximum absolute atomic E-state index is 11.3. The molecule has 0 radical (unpaired) electrons. The van der Waals surface area contributed by atoms with E-state index in [4.69, 9.17) is 5.11 Å². The average molecular weight is 262 g/mol. The van der Waals surface area contributed by atoms with E-state index in [1.54, 1.807) is 17.8 Å². The van der Waals surface area contributed by atoms with Gasteiger partial charge in [0.2, 0.25) is 0 Å². The number of methoxy groups -OCH3 is 1. The van der Waals surface area contributed by atoms with Gasteiger partial charge in [-0.3, -0.25) is 0 Å². The Labute approximate surface area is 105 Å². The van der Waals surface area contributed by atoms with Gasteiger partial charge in [-0.05, 0) is 0 Å². The molecule has 7 heteroatoms. The molecule has 1 atom stereocenters. The van der Waals surface area contributed by atoms with Gasteiger partial charge in [0.05, 0.1) is 6.61 Å². The van der Waals surface area contributed by atoms with Crippen LogP contribution in [0.4, 0.5) is 4.79 Å². The number of hydrogen-bond donors (Lipinski definition) is 3. The summed E-state index contributed by atoms with van der Waals surface area (Å²) in [5.74, 6) is 0.453. The first-order valence-corrected chi connectivity index (χ1v) is 6.22. The molecule has 0 rings (SSSR count). The van der Waals surface area contributed by atoms with E-state index in [9.17, 15) is 9.59 Å². The van der Waals surface area contributed by atoms with Crippen LogP contribution in [0.1, 0.15) is 0 Å². The zero-order valence-electron chi connectivity index (χ0n) is 9.77. The standard InChI is InChI=1S/C10H18N2O4S/c1-3-5-17-6-4-11-10(15)12-8(7-16-2)9(13)14/h3,8H,1,4-7H2,2H3,(H,13,14)(H2,11,12,15). The molecule has 2 amide bonds. The van der Waals surface area contributed by atoms with Crippen LogP contribution < -0.4 is 10.6 Å². The van der Waals surface area contributed by atoms with Crippen molar-refractivity contribution in [2.75, 3.05) is 31.8 Å². The normalized spacial score (nSPS) is 11.6. The number of urea groups is 1. The minimum Gasteiger partial charge on any atom is -0.480 e. The minimum atomic E-state index is -1.12. The van der Waals surface area contributed by atoms with Crippen molar-refractivity contribution in [1.82, 2.24) is 10.6 Å². The lowest BCUT2D eigenvalue weighted by Crippen LogP contribution is -2.48. The van der Waals surface area contributed by atoms with Crippen LogP contribution in [0, 0.1) is 0 Å². The zero-order chi connectivity index (χ0) is 13.1. The first-order chi connectivity index (χ1) is 8.11. The number of carboxylic acid groups (broad SMARTS) is 1. The Bertz CT molecular complexity index is 261. The second-order valence-electron chi connectivity index (χ2n) is 3.11. The van der Waals surface area contributed by atoms with E-state index in [-0.39, 0.29) is 6.61 Å². The largest absolute Gasteiger partial charge is 0.480 e. The summed E-state index contributed by atoms with van der Waals surface area (Å²) in [6, 6.07) is -1.53. The van der Waals surface area contributed by atoms with Gasteiger partial charge in [0.15, 0.2) is 6.04 Å². The average Bonchev–Trinajstić information content (AvgIpc) is 2.28. The molecule has 1 unspecified atom stereocenters. The highest BCUT2D eigenvalue weighted by Crippen LogP contribution is 1.96. The van der Waals surface area contributed by atoms with Gasteiger partial charge < -0.3 is 20.5 Å². The second kappa shape index (κ2) is 9.98. The SMILES string of the molecule is C=CCSCCNC(=O)NC(COC)C(=O)O. The molecule has 0 aliphatic heterocycles. The fraction of sp³-hybridized carbons (Fsp3) is 0.600. The number of rotatable bonds is 9. The van der Waals surface area contributed by atoms with E-state index in [0.29, 0.717) is 6.54 Å². The van der Waals surface area contributed by atoms with Crippen molar-refractivity contribution in [2.45, 2.75) is 6.04 Å². The van der Waals surface area contributed by atoms with Crippen LogP contribution in [-0.4, -0.2) is 54.9 Å². The number of carbonyl (C=O) groups excluding carboxylic acids is 1. The zero-order valence-corrected chi connectivity index (χ0v) is 10.6. The van der Waals surface area contributed by atoms with Crippen molar-refractivity contribution in [3.05, 3.63) is 12.7 Å². The van der Waals surface area contributed by atoms with Gasteiger partial charge >= 0.3 is 12.0 Å². The summed E-state index contributed by atoms with van der Waals surface area (Å²) in [6.07, 6.45) is 1.78. The molecule has 0 spiro atoms. The molecule has 0 saturated heterocycles. The van der Waals surface area contributed by atoms with E-state index in [1.165, 1.54) is 7.11 Å². The molecule has 0 saturated carbocycles. The molecule has 0 fully saturated rings. The van der Waals surface area contributed by atoms with Gasteiger partial charge in [0.1, 0.15) is 0 Å². The van der Waals surface area contributed by atoms with Crippen LogP contribution in [0.3, 0.4) is 0 Å². The number of aliphatic carboxylic acids is 1. The maximum atomic E-state index is 11.3. The highest BCUT2D eigenvalue weighted by atomic mass is 32.2. The third kappa shape index (κ3) is 8.58. The lowest BCUT2D eigenvalue weighted by atomic mass is 10.3. The molecule has 0 aliphatic rings. The number of hydrogen-bond acceptors (Lipinski definition) is 4. The predicted octanol–water partition coefficient (Wildman–Crippen LogP) is 0.304. The molecule has 0 aromatic heterocycles. The third-order valence-corrected chi connectivity index (χ3v) is 2.67. The smallest absolute Gasteiger partial charge is 0.328 e. The summed E-state index contributed by atoms with van der Waals surface area (Å²) >= 11 is 1.63. The minimum absolute atomic E-state index is 0.0615. The Kier molecular flexibility index (Phi) is 9.27. The molecule has 17 heavy (non-hydrogen) atoms.